The van der Waals surface area contributed by atoms with Crippen LogP contribution in [-0.4, -0.2) is 28.8 Å². The average Bonchev–Trinajstić information content (AvgIpc) is 3.23. The van der Waals surface area contributed by atoms with Crippen molar-refractivity contribution in [2.75, 3.05) is 6.61 Å². The first-order valence-corrected chi connectivity index (χ1v) is 12.1. The van der Waals surface area contributed by atoms with Gasteiger partial charge in [0.05, 0.1) is 16.1 Å². The third-order valence-corrected chi connectivity index (χ3v) is 6.91. The van der Waals surface area contributed by atoms with Crippen molar-refractivity contribution >= 4 is 28.1 Å². The van der Waals surface area contributed by atoms with E-state index in [4.69, 9.17) is 9.47 Å². The lowest BCUT2D eigenvalue weighted by molar-refractivity contribution is -0.150. The van der Waals surface area contributed by atoms with Crippen LogP contribution in [0.15, 0.2) is 60.7 Å². The number of hydrogen-bond donors (Lipinski definition) is 1. The summed E-state index contributed by atoms with van der Waals surface area (Å²) in [4.78, 5) is 16.9. The largest absolute Gasteiger partial charge is 0.487 e. The highest BCUT2D eigenvalue weighted by Gasteiger charge is 2.30. The van der Waals surface area contributed by atoms with Crippen LogP contribution in [-0.2, 0) is 28.7 Å². The summed E-state index contributed by atoms with van der Waals surface area (Å²) < 4.78 is 50.1. The van der Waals surface area contributed by atoms with Crippen molar-refractivity contribution in [3.63, 3.8) is 0 Å². The molecule has 0 aliphatic carbocycles. The minimum Gasteiger partial charge on any atom is -0.487 e. The van der Waals surface area contributed by atoms with Crippen molar-refractivity contribution in [1.29, 1.82) is 0 Å². The molecule has 188 valence electrons. The van der Waals surface area contributed by atoms with Crippen LogP contribution in [0.3, 0.4) is 0 Å². The van der Waals surface area contributed by atoms with E-state index in [2.05, 4.69) is 4.98 Å². The molecule has 1 unspecified atom stereocenters. The molecular formula is C27H24F3NO4S. The number of fused-ring (bicyclic) bond motifs is 1. The SMILES string of the molecule is CCOC(Cc1ccc(OCc2sc(-c3ccc(C(F)(F)F)cc3)nc2C)c2ccccc12)C(=O)O. The highest BCUT2D eigenvalue weighted by molar-refractivity contribution is 7.15. The van der Waals surface area contributed by atoms with Crippen LogP contribution < -0.4 is 4.74 Å². The van der Waals surface area contributed by atoms with Gasteiger partial charge in [0.2, 0.25) is 0 Å². The molecule has 9 heteroatoms. The lowest BCUT2D eigenvalue weighted by atomic mass is 9.99. The van der Waals surface area contributed by atoms with Gasteiger partial charge < -0.3 is 14.6 Å². The first kappa shape index (κ1) is 25.7. The minimum atomic E-state index is -4.38. The lowest BCUT2D eigenvalue weighted by Crippen LogP contribution is -2.26. The Balaban J connectivity index is 1.54. The second-order valence-electron chi connectivity index (χ2n) is 8.15. The number of alkyl halides is 3. The number of ether oxygens (including phenoxy) is 2. The number of nitrogens with zero attached hydrogens (tertiary/aromatic N) is 1. The van der Waals surface area contributed by atoms with Gasteiger partial charge in [-0.1, -0.05) is 42.5 Å². The molecule has 4 rings (SSSR count). The Morgan fingerprint density at radius 1 is 1.06 bits per heavy atom. The number of carbonyl (C=O) groups is 1. The van der Waals surface area contributed by atoms with Gasteiger partial charge in [0.15, 0.2) is 6.10 Å². The van der Waals surface area contributed by atoms with Crippen molar-refractivity contribution < 1.29 is 32.5 Å². The Morgan fingerprint density at radius 2 is 1.75 bits per heavy atom. The monoisotopic (exact) mass is 515 g/mol. The zero-order valence-electron chi connectivity index (χ0n) is 19.6. The summed E-state index contributed by atoms with van der Waals surface area (Å²) in [6.07, 6.45) is -5.09. The Bertz CT molecular complexity index is 1370. The first-order valence-electron chi connectivity index (χ1n) is 11.3. The number of halogens is 3. The van der Waals surface area contributed by atoms with Crippen LogP contribution in [0.2, 0.25) is 0 Å². The standard InChI is InChI=1S/C27H24F3NO4S/c1-3-34-23(26(32)33)14-18-10-13-22(21-7-5-4-6-20(18)21)35-15-24-16(2)31-25(36-24)17-8-11-19(12-9-17)27(28,29)30/h4-13,23H,3,14-15H2,1-2H3,(H,32,33). The van der Waals surface area contributed by atoms with Crippen LogP contribution in [0, 0.1) is 6.92 Å². The molecule has 1 N–H and O–H groups in total. The van der Waals surface area contributed by atoms with Crippen LogP contribution in [0.1, 0.15) is 28.6 Å². The molecule has 0 fully saturated rings. The molecule has 0 bridgehead atoms. The van der Waals surface area contributed by atoms with Crippen molar-refractivity contribution in [2.24, 2.45) is 0 Å². The Labute approximate surface area is 210 Å². The number of aromatic nitrogens is 1. The number of aryl methyl sites for hydroxylation is 1. The van der Waals surface area contributed by atoms with Crippen LogP contribution in [0.4, 0.5) is 13.2 Å². The fourth-order valence-corrected chi connectivity index (χ4v) is 4.87. The van der Waals surface area contributed by atoms with Crippen molar-refractivity contribution in [2.45, 2.75) is 39.2 Å². The predicted octanol–water partition coefficient (Wildman–Crippen LogP) is 6.90. The van der Waals surface area contributed by atoms with Gasteiger partial charge in [-0.2, -0.15) is 13.2 Å². The number of benzene rings is 3. The smallest absolute Gasteiger partial charge is 0.416 e. The summed E-state index contributed by atoms with van der Waals surface area (Å²) >= 11 is 1.37. The maximum Gasteiger partial charge on any atom is 0.416 e. The van der Waals surface area contributed by atoms with E-state index in [1.54, 1.807) is 6.92 Å². The molecule has 4 aromatic rings. The zero-order chi connectivity index (χ0) is 25.9. The summed E-state index contributed by atoms with van der Waals surface area (Å²) in [5.74, 6) is -0.368. The molecule has 1 aromatic heterocycles. The second kappa shape index (κ2) is 10.7. The molecule has 0 aliphatic heterocycles. The molecule has 1 heterocycles. The number of thiazole rings is 1. The molecule has 3 aromatic carbocycles. The minimum absolute atomic E-state index is 0.231. The van der Waals surface area contributed by atoms with Crippen LogP contribution >= 0.6 is 11.3 Å². The molecule has 0 spiro atoms. The molecule has 36 heavy (non-hydrogen) atoms. The van der Waals surface area contributed by atoms with Gasteiger partial charge >= 0.3 is 12.1 Å². The fraction of sp³-hybridized carbons (Fsp3) is 0.259. The molecule has 0 saturated heterocycles. The summed E-state index contributed by atoms with van der Waals surface area (Å²) in [5, 5.41) is 11.8. The molecule has 0 amide bonds. The predicted molar refractivity (Wildman–Crippen MR) is 132 cm³/mol. The number of aliphatic carboxylic acids is 1. The number of carboxylic acids is 1. The molecule has 0 aliphatic rings. The van der Waals surface area contributed by atoms with Crippen LogP contribution in [0.5, 0.6) is 5.75 Å². The quantitative estimate of drug-likeness (QED) is 0.263. The second-order valence-corrected chi connectivity index (χ2v) is 9.23. The number of rotatable bonds is 9. The summed E-state index contributed by atoms with van der Waals surface area (Å²) in [6, 6.07) is 16.2. The van der Waals surface area contributed by atoms with Crippen molar-refractivity contribution in [3.05, 3.63) is 82.4 Å². The number of carboxylic acid groups (broad SMARTS) is 1. The Morgan fingerprint density at radius 3 is 2.39 bits per heavy atom. The van der Waals surface area contributed by atoms with E-state index in [0.717, 1.165) is 39.0 Å². The molecule has 0 radical (unpaired) electrons. The van der Waals surface area contributed by atoms with E-state index in [9.17, 15) is 23.1 Å². The van der Waals surface area contributed by atoms with Gasteiger partial charge in [-0.05, 0) is 43.0 Å². The summed E-state index contributed by atoms with van der Waals surface area (Å²) in [5.41, 5.74) is 1.50. The van der Waals surface area contributed by atoms with Gasteiger partial charge in [0, 0.05) is 24.0 Å². The zero-order valence-corrected chi connectivity index (χ0v) is 20.4. The Hall–Kier alpha value is -3.43. The topological polar surface area (TPSA) is 68.7 Å². The summed E-state index contributed by atoms with van der Waals surface area (Å²) in [7, 11) is 0. The van der Waals surface area contributed by atoms with E-state index in [0.29, 0.717) is 22.9 Å². The first-order chi connectivity index (χ1) is 17.2. The molecular weight excluding hydrogens is 491 g/mol. The molecule has 5 nitrogen and oxygen atoms in total. The molecule has 0 saturated carbocycles. The van der Waals surface area contributed by atoms with Gasteiger partial charge in [-0.25, -0.2) is 9.78 Å². The third kappa shape index (κ3) is 5.68. The van der Waals surface area contributed by atoms with Gasteiger partial charge in [-0.15, -0.1) is 11.3 Å². The van der Waals surface area contributed by atoms with E-state index in [1.165, 1.54) is 23.5 Å². The summed E-state index contributed by atoms with van der Waals surface area (Å²) in [6.45, 7) is 4.14. The van der Waals surface area contributed by atoms with Gasteiger partial charge in [-0.3, -0.25) is 0 Å². The number of hydrogen-bond acceptors (Lipinski definition) is 5. The highest BCUT2D eigenvalue weighted by Crippen LogP contribution is 2.34. The third-order valence-electron chi connectivity index (χ3n) is 5.73. The van der Waals surface area contributed by atoms with Crippen LogP contribution in [0.25, 0.3) is 21.3 Å². The lowest BCUT2D eigenvalue weighted by Gasteiger charge is -2.16. The average molecular weight is 516 g/mol. The van der Waals surface area contributed by atoms with E-state index < -0.39 is 23.8 Å². The van der Waals surface area contributed by atoms with Crippen molar-refractivity contribution in [1.82, 2.24) is 4.98 Å². The van der Waals surface area contributed by atoms with Gasteiger partial charge in [0.25, 0.3) is 0 Å². The van der Waals surface area contributed by atoms with Gasteiger partial charge in [0.1, 0.15) is 17.4 Å². The maximum absolute atomic E-state index is 12.9. The maximum atomic E-state index is 12.9. The Kier molecular flexibility index (Phi) is 7.61. The normalized spacial score (nSPS) is 12.6. The van der Waals surface area contributed by atoms with E-state index >= 15 is 0 Å². The van der Waals surface area contributed by atoms with E-state index in [1.807, 2.05) is 43.3 Å². The highest BCUT2D eigenvalue weighted by atomic mass is 32.1. The molecule has 1 atom stereocenters. The van der Waals surface area contributed by atoms with Crippen molar-refractivity contribution in [3.8, 4) is 16.3 Å². The van der Waals surface area contributed by atoms with E-state index in [-0.39, 0.29) is 13.0 Å². The fourth-order valence-electron chi connectivity index (χ4n) is 3.89.